The van der Waals surface area contributed by atoms with E-state index in [0.717, 1.165) is 29.0 Å². The molecule has 0 amide bonds. The number of halogens is 2. The van der Waals surface area contributed by atoms with Crippen LogP contribution in [0.5, 0.6) is 0 Å². The molecule has 0 bridgehead atoms. The van der Waals surface area contributed by atoms with Crippen LogP contribution in [0.2, 0.25) is 0 Å². The summed E-state index contributed by atoms with van der Waals surface area (Å²) < 4.78 is 1.04. The molecule has 0 aliphatic heterocycles. The standard InChI is InChI=1S/C11H16BrClN2/c1-8-6-11(14-7-10(8)12)15-9(2)4-3-5-13/h6-7,9H,3-5H2,1-2H3,(H,14,15). The highest BCUT2D eigenvalue weighted by Gasteiger charge is 2.03. The van der Waals surface area contributed by atoms with Gasteiger partial charge in [0.1, 0.15) is 5.82 Å². The molecule has 1 rings (SSSR count). The van der Waals surface area contributed by atoms with E-state index in [-0.39, 0.29) is 0 Å². The molecule has 1 N–H and O–H groups in total. The minimum absolute atomic E-state index is 0.414. The summed E-state index contributed by atoms with van der Waals surface area (Å²) in [5.74, 6) is 1.65. The van der Waals surface area contributed by atoms with Crippen molar-refractivity contribution >= 4 is 33.3 Å². The summed E-state index contributed by atoms with van der Waals surface area (Å²) in [6.07, 6.45) is 3.93. The Morgan fingerprint density at radius 1 is 1.60 bits per heavy atom. The number of pyridine rings is 1. The van der Waals surface area contributed by atoms with E-state index in [4.69, 9.17) is 11.6 Å². The first-order valence-electron chi connectivity index (χ1n) is 5.08. The molecule has 15 heavy (non-hydrogen) atoms. The molecule has 4 heteroatoms. The van der Waals surface area contributed by atoms with Crippen molar-refractivity contribution in [2.45, 2.75) is 32.7 Å². The maximum Gasteiger partial charge on any atom is 0.126 e. The molecule has 1 aromatic heterocycles. The van der Waals surface area contributed by atoms with Gasteiger partial charge in [0, 0.05) is 22.6 Å². The smallest absolute Gasteiger partial charge is 0.126 e. The number of anilines is 1. The Balaban J connectivity index is 2.53. The van der Waals surface area contributed by atoms with Gasteiger partial charge in [-0.3, -0.25) is 0 Å². The third-order valence-corrected chi connectivity index (χ3v) is 3.31. The van der Waals surface area contributed by atoms with E-state index in [2.05, 4.69) is 40.1 Å². The van der Waals surface area contributed by atoms with E-state index in [1.165, 1.54) is 5.56 Å². The van der Waals surface area contributed by atoms with E-state index < -0.39 is 0 Å². The number of hydrogen-bond acceptors (Lipinski definition) is 2. The summed E-state index contributed by atoms with van der Waals surface area (Å²) in [4.78, 5) is 4.30. The number of hydrogen-bond donors (Lipinski definition) is 1. The van der Waals surface area contributed by atoms with Gasteiger partial charge < -0.3 is 5.32 Å². The van der Waals surface area contributed by atoms with Gasteiger partial charge in [0.15, 0.2) is 0 Å². The fraction of sp³-hybridized carbons (Fsp3) is 0.545. The number of nitrogens with zero attached hydrogens (tertiary/aromatic N) is 1. The first-order chi connectivity index (χ1) is 7.13. The second kappa shape index (κ2) is 6.33. The lowest BCUT2D eigenvalue weighted by Crippen LogP contribution is -2.16. The van der Waals surface area contributed by atoms with Crippen molar-refractivity contribution in [2.24, 2.45) is 0 Å². The summed E-state index contributed by atoms with van der Waals surface area (Å²) >= 11 is 9.07. The zero-order valence-corrected chi connectivity index (χ0v) is 11.4. The molecule has 0 saturated heterocycles. The van der Waals surface area contributed by atoms with Gasteiger partial charge in [-0.05, 0) is 54.2 Å². The summed E-state index contributed by atoms with van der Waals surface area (Å²) in [7, 11) is 0. The maximum absolute atomic E-state index is 5.64. The van der Waals surface area contributed by atoms with Crippen molar-refractivity contribution in [3.8, 4) is 0 Å². The van der Waals surface area contributed by atoms with Crippen LogP contribution in [0.25, 0.3) is 0 Å². The number of nitrogens with one attached hydrogen (secondary N) is 1. The lowest BCUT2D eigenvalue weighted by Gasteiger charge is -2.14. The van der Waals surface area contributed by atoms with Gasteiger partial charge in [-0.15, -0.1) is 11.6 Å². The van der Waals surface area contributed by atoms with E-state index >= 15 is 0 Å². The van der Waals surface area contributed by atoms with E-state index in [1.54, 1.807) is 0 Å². The van der Waals surface area contributed by atoms with Gasteiger partial charge in [0.25, 0.3) is 0 Å². The van der Waals surface area contributed by atoms with Gasteiger partial charge in [-0.1, -0.05) is 0 Å². The Kier molecular flexibility index (Phi) is 5.40. The quantitative estimate of drug-likeness (QED) is 0.830. The number of aromatic nitrogens is 1. The summed E-state index contributed by atoms with van der Waals surface area (Å²) in [5.41, 5.74) is 1.19. The largest absolute Gasteiger partial charge is 0.368 e. The highest BCUT2D eigenvalue weighted by atomic mass is 79.9. The molecule has 1 aromatic rings. The highest BCUT2D eigenvalue weighted by Crippen LogP contribution is 2.18. The van der Waals surface area contributed by atoms with Crippen molar-refractivity contribution < 1.29 is 0 Å². The summed E-state index contributed by atoms with van der Waals surface area (Å²) in [6.45, 7) is 4.20. The summed E-state index contributed by atoms with van der Waals surface area (Å²) in [5, 5.41) is 3.35. The van der Waals surface area contributed by atoms with Crippen LogP contribution in [0.3, 0.4) is 0 Å². The fourth-order valence-corrected chi connectivity index (χ4v) is 1.70. The fourth-order valence-electron chi connectivity index (χ4n) is 1.33. The van der Waals surface area contributed by atoms with E-state index in [0.29, 0.717) is 6.04 Å². The number of aryl methyl sites for hydroxylation is 1. The molecule has 0 aliphatic rings. The van der Waals surface area contributed by atoms with Gasteiger partial charge in [0.2, 0.25) is 0 Å². The SMILES string of the molecule is Cc1cc(NC(C)CCCCl)ncc1Br. The van der Waals surface area contributed by atoms with Crippen molar-refractivity contribution in [1.82, 2.24) is 4.98 Å². The molecule has 0 radical (unpaired) electrons. The monoisotopic (exact) mass is 290 g/mol. The van der Waals surface area contributed by atoms with Crippen molar-refractivity contribution in [2.75, 3.05) is 11.2 Å². The minimum Gasteiger partial charge on any atom is -0.368 e. The molecule has 1 heterocycles. The van der Waals surface area contributed by atoms with Crippen molar-refractivity contribution in [3.05, 3.63) is 22.3 Å². The Labute approximate surface area is 105 Å². The predicted octanol–water partition coefficient (Wildman–Crippen LogP) is 3.97. The molecule has 1 atom stereocenters. The van der Waals surface area contributed by atoms with Gasteiger partial charge in [-0.2, -0.15) is 0 Å². The minimum atomic E-state index is 0.414. The molecule has 0 saturated carbocycles. The normalized spacial score (nSPS) is 12.5. The molecular weight excluding hydrogens is 275 g/mol. The van der Waals surface area contributed by atoms with E-state index in [1.807, 2.05) is 12.3 Å². The Morgan fingerprint density at radius 2 is 2.33 bits per heavy atom. The third-order valence-electron chi connectivity index (χ3n) is 2.21. The van der Waals surface area contributed by atoms with Crippen LogP contribution in [0.4, 0.5) is 5.82 Å². The first-order valence-corrected chi connectivity index (χ1v) is 6.41. The predicted molar refractivity (Wildman–Crippen MR) is 69.7 cm³/mol. The van der Waals surface area contributed by atoms with Gasteiger partial charge in [0.05, 0.1) is 0 Å². The lowest BCUT2D eigenvalue weighted by atomic mass is 10.2. The zero-order chi connectivity index (χ0) is 11.3. The Bertz CT molecular complexity index is 317. The molecular formula is C11H16BrClN2. The molecule has 0 fully saturated rings. The molecule has 2 nitrogen and oxygen atoms in total. The van der Waals surface area contributed by atoms with E-state index in [9.17, 15) is 0 Å². The average molecular weight is 292 g/mol. The Hall–Kier alpha value is -0.280. The second-order valence-corrected chi connectivity index (χ2v) is 4.93. The van der Waals surface area contributed by atoms with Crippen LogP contribution in [0, 0.1) is 6.92 Å². The third kappa shape index (κ3) is 4.39. The first kappa shape index (κ1) is 12.8. The Morgan fingerprint density at radius 3 is 2.93 bits per heavy atom. The van der Waals surface area contributed by atoms with Gasteiger partial charge >= 0.3 is 0 Å². The van der Waals surface area contributed by atoms with Crippen LogP contribution in [0.15, 0.2) is 16.7 Å². The topological polar surface area (TPSA) is 24.9 Å². The lowest BCUT2D eigenvalue weighted by molar-refractivity contribution is 0.690. The molecule has 0 aliphatic carbocycles. The summed E-state index contributed by atoms with van der Waals surface area (Å²) in [6, 6.07) is 2.46. The van der Waals surface area contributed by atoms with Crippen LogP contribution >= 0.6 is 27.5 Å². The molecule has 0 spiro atoms. The van der Waals surface area contributed by atoms with Crippen molar-refractivity contribution in [1.29, 1.82) is 0 Å². The number of alkyl halides is 1. The molecule has 84 valence electrons. The second-order valence-electron chi connectivity index (χ2n) is 3.70. The number of rotatable bonds is 5. The molecule has 0 aromatic carbocycles. The van der Waals surface area contributed by atoms with Crippen LogP contribution in [-0.4, -0.2) is 16.9 Å². The highest BCUT2D eigenvalue weighted by molar-refractivity contribution is 9.10. The van der Waals surface area contributed by atoms with Gasteiger partial charge in [-0.25, -0.2) is 4.98 Å². The van der Waals surface area contributed by atoms with Crippen LogP contribution in [0.1, 0.15) is 25.3 Å². The zero-order valence-electron chi connectivity index (χ0n) is 9.06. The molecule has 1 unspecified atom stereocenters. The van der Waals surface area contributed by atoms with Crippen LogP contribution < -0.4 is 5.32 Å². The van der Waals surface area contributed by atoms with Crippen molar-refractivity contribution in [3.63, 3.8) is 0 Å². The maximum atomic E-state index is 5.64. The average Bonchev–Trinajstić information content (AvgIpc) is 2.20. The van der Waals surface area contributed by atoms with Crippen LogP contribution in [-0.2, 0) is 0 Å².